The number of aryl methyl sites for hydroxylation is 1. The summed E-state index contributed by atoms with van der Waals surface area (Å²) in [6, 6.07) is 11.7. The summed E-state index contributed by atoms with van der Waals surface area (Å²) in [6.07, 6.45) is 6.01. The smallest absolute Gasteiger partial charge is 0.191 e. The first-order chi connectivity index (χ1) is 13.1. The first kappa shape index (κ1) is 19.4. The maximum atomic E-state index is 4.75. The second-order valence-electron chi connectivity index (χ2n) is 7.37. The van der Waals surface area contributed by atoms with E-state index in [9.17, 15) is 0 Å². The van der Waals surface area contributed by atoms with Gasteiger partial charge in [0.15, 0.2) is 5.96 Å². The summed E-state index contributed by atoms with van der Waals surface area (Å²) < 4.78 is 1.84. The third-order valence-electron chi connectivity index (χ3n) is 5.05. The van der Waals surface area contributed by atoms with Crippen molar-refractivity contribution >= 4 is 5.96 Å². The SMILES string of the molecule is CCNC(=NCCc1cnn(C)c1)NC1CC(C)N(Cc2ccccc2)C1. The van der Waals surface area contributed by atoms with Crippen LogP contribution in [0.15, 0.2) is 47.7 Å². The van der Waals surface area contributed by atoms with Crippen molar-refractivity contribution in [1.29, 1.82) is 0 Å². The average Bonchev–Trinajstić information content (AvgIpc) is 3.21. The van der Waals surface area contributed by atoms with Crippen molar-refractivity contribution in [3.8, 4) is 0 Å². The molecule has 1 fully saturated rings. The predicted molar refractivity (Wildman–Crippen MR) is 111 cm³/mol. The highest BCUT2D eigenvalue weighted by atomic mass is 15.3. The Hall–Kier alpha value is -2.34. The molecule has 1 aromatic carbocycles. The predicted octanol–water partition coefficient (Wildman–Crippen LogP) is 2.18. The summed E-state index contributed by atoms with van der Waals surface area (Å²) >= 11 is 0. The van der Waals surface area contributed by atoms with Gasteiger partial charge in [0.05, 0.1) is 6.20 Å². The van der Waals surface area contributed by atoms with E-state index in [1.165, 1.54) is 11.1 Å². The first-order valence-corrected chi connectivity index (χ1v) is 9.94. The van der Waals surface area contributed by atoms with Crippen LogP contribution in [0.25, 0.3) is 0 Å². The molecule has 0 spiro atoms. The number of benzene rings is 1. The molecule has 2 aromatic rings. The molecule has 1 aliphatic rings. The summed E-state index contributed by atoms with van der Waals surface area (Å²) in [5.41, 5.74) is 2.60. The van der Waals surface area contributed by atoms with Crippen LogP contribution in [0.2, 0.25) is 0 Å². The molecule has 0 amide bonds. The molecule has 1 aromatic heterocycles. The third-order valence-corrected chi connectivity index (χ3v) is 5.05. The lowest BCUT2D eigenvalue weighted by molar-refractivity contribution is 0.258. The van der Waals surface area contributed by atoms with E-state index in [1.54, 1.807) is 0 Å². The molecule has 1 saturated heterocycles. The van der Waals surface area contributed by atoms with Crippen LogP contribution in [-0.4, -0.2) is 52.4 Å². The fourth-order valence-corrected chi connectivity index (χ4v) is 3.65. The lowest BCUT2D eigenvalue weighted by Crippen LogP contribution is -2.44. The Morgan fingerprint density at radius 2 is 2.07 bits per heavy atom. The lowest BCUT2D eigenvalue weighted by Gasteiger charge is -2.21. The Morgan fingerprint density at radius 3 is 2.78 bits per heavy atom. The number of rotatable bonds is 7. The van der Waals surface area contributed by atoms with Crippen LogP contribution >= 0.6 is 0 Å². The van der Waals surface area contributed by atoms with Gasteiger partial charge in [-0.2, -0.15) is 5.10 Å². The minimum absolute atomic E-state index is 0.430. The van der Waals surface area contributed by atoms with E-state index in [0.717, 1.165) is 45.0 Å². The molecule has 2 unspecified atom stereocenters. The van der Waals surface area contributed by atoms with Crippen LogP contribution in [0.3, 0.4) is 0 Å². The molecule has 6 nitrogen and oxygen atoms in total. The molecule has 0 bridgehead atoms. The van der Waals surface area contributed by atoms with Crippen LogP contribution in [0.5, 0.6) is 0 Å². The van der Waals surface area contributed by atoms with Crippen LogP contribution < -0.4 is 10.6 Å². The van der Waals surface area contributed by atoms with Crippen LogP contribution in [0.1, 0.15) is 31.4 Å². The van der Waals surface area contributed by atoms with Crippen molar-refractivity contribution in [1.82, 2.24) is 25.3 Å². The molecule has 3 rings (SSSR count). The maximum absolute atomic E-state index is 4.75. The Kier molecular flexibility index (Phi) is 6.87. The third kappa shape index (κ3) is 5.82. The number of likely N-dealkylation sites (tertiary alicyclic amines) is 1. The number of nitrogens with one attached hydrogen (secondary N) is 2. The summed E-state index contributed by atoms with van der Waals surface area (Å²) in [5, 5.41) is 11.2. The Bertz CT molecular complexity index is 723. The Morgan fingerprint density at radius 1 is 1.26 bits per heavy atom. The molecule has 2 atom stereocenters. The molecule has 2 heterocycles. The number of aromatic nitrogens is 2. The van der Waals surface area contributed by atoms with Gasteiger partial charge in [0.2, 0.25) is 0 Å². The van der Waals surface area contributed by atoms with Crippen molar-refractivity contribution in [3.05, 3.63) is 53.9 Å². The minimum atomic E-state index is 0.430. The molecule has 6 heteroatoms. The van der Waals surface area contributed by atoms with Crippen LogP contribution in [-0.2, 0) is 20.0 Å². The van der Waals surface area contributed by atoms with E-state index < -0.39 is 0 Å². The second-order valence-corrected chi connectivity index (χ2v) is 7.37. The molecular formula is C21H32N6. The van der Waals surface area contributed by atoms with Gasteiger partial charge in [0.25, 0.3) is 0 Å². The molecule has 1 aliphatic heterocycles. The minimum Gasteiger partial charge on any atom is -0.357 e. The molecular weight excluding hydrogens is 336 g/mol. The summed E-state index contributed by atoms with van der Waals surface area (Å²) in [6.45, 7) is 8.11. The molecule has 0 saturated carbocycles. The number of aliphatic imine (C=N–C) groups is 1. The number of nitrogens with zero attached hydrogens (tertiary/aromatic N) is 4. The fraction of sp³-hybridized carbons (Fsp3) is 0.524. The Balaban J connectivity index is 1.52. The molecule has 0 radical (unpaired) electrons. The van der Waals surface area contributed by atoms with Crippen LogP contribution in [0, 0.1) is 0 Å². The quantitative estimate of drug-likeness (QED) is 0.581. The molecule has 0 aliphatic carbocycles. The number of hydrogen-bond donors (Lipinski definition) is 2. The average molecular weight is 369 g/mol. The molecule has 2 N–H and O–H groups in total. The van der Waals surface area contributed by atoms with Gasteiger partial charge in [0.1, 0.15) is 0 Å². The Labute approximate surface area is 162 Å². The summed E-state index contributed by atoms with van der Waals surface area (Å²) in [4.78, 5) is 7.30. The van der Waals surface area contributed by atoms with Gasteiger partial charge in [-0.25, -0.2) is 0 Å². The zero-order valence-corrected chi connectivity index (χ0v) is 16.7. The molecule has 27 heavy (non-hydrogen) atoms. The van der Waals surface area contributed by atoms with E-state index in [1.807, 2.05) is 17.9 Å². The van der Waals surface area contributed by atoms with Gasteiger partial charge in [-0.05, 0) is 37.8 Å². The van der Waals surface area contributed by atoms with Crippen molar-refractivity contribution < 1.29 is 0 Å². The largest absolute Gasteiger partial charge is 0.357 e. The van der Waals surface area contributed by atoms with E-state index in [2.05, 4.69) is 71.0 Å². The topological polar surface area (TPSA) is 57.5 Å². The van der Waals surface area contributed by atoms with Crippen molar-refractivity contribution in [2.75, 3.05) is 19.6 Å². The zero-order valence-electron chi connectivity index (χ0n) is 16.7. The highest BCUT2D eigenvalue weighted by molar-refractivity contribution is 5.80. The number of guanidine groups is 1. The fourth-order valence-electron chi connectivity index (χ4n) is 3.65. The standard InChI is InChI=1S/C21H32N6/c1-4-22-21(23-11-10-19-13-24-26(3)14-19)25-20-12-17(2)27(16-20)15-18-8-6-5-7-9-18/h5-9,13-14,17,20H,4,10-12,15-16H2,1-3H3,(H2,22,23,25). The number of hydrogen-bond acceptors (Lipinski definition) is 3. The van der Waals surface area contributed by atoms with Crippen LogP contribution in [0.4, 0.5) is 0 Å². The van der Waals surface area contributed by atoms with Gasteiger partial charge in [-0.1, -0.05) is 30.3 Å². The monoisotopic (exact) mass is 368 g/mol. The van der Waals surface area contributed by atoms with Crippen molar-refractivity contribution in [2.45, 2.75) is 45.3 Å². The maximum Gasteiger partial charge on any atom is 0.191 e. The highest BCUT2D eigenvalue weighted by Gasteiger charge is 2.29. The van der Waals surface area contributed by atoms with Gasteiger partial charge >= 0.3 is 0 Å². The normalized spacial score (nSPS) is 20.8. The van der Waals surface area contributed by atoms with Crippen molar-refractivity contribution in [2.24, 2.45) is 12.0 Å². The van der Waals surface area contributed by atoms with E-state index >= 15 is 0 Å². The second kappa shape index (κ2) is 9.55. The summed E-state index contributed by atoms with van der Waals surface area (Å²) in [5.74, 6) is 0.917. The van der Waals surface area contributed by atoms with Crippen molar-refractivity contribution in [3.63, 3.8) is 0 Å². The van der Waals surface area contributed by atoms with Gasteiger partial charge < -0.3 is 10.6 Å². The van der Waals surface area contributed by atoms with Gasteiger partial charge in [0, 0.05) is 51.5 Å². The summed E-state index contributed by atoms with van der Waals surface area (Å²) in [7, 11) is 1.95. The molecule has 146 valence electrons. The highest BCUT2D eigenvalue weighted by Crippen LogP contribution is 2.20. The van der Waals surface area contributed by atoms with E-state index in [4.69, 9.17) is 4.99 Å². The first-order valence-electron chi connectivity index (χ1n) is 9.94. The van der Waals surface area contributed by atoms with Gasteiger partial charge in [-0.3, -0.25) is 14.6 Å². The van der Waals surface area contributed by atoms with Gasteiger partial charge in [-0.15, -0.1) is 0 Å². The van der Waals surface area contributed by atoms with E-state index in [-0.39, 0.29) is 0 Å². The lowest BCUT2D eigenvalue weighted by atomic mass is 10.2. The van der Waals surface area contributed by atoms with E-state index in [0.29, 0.717) is 12.1 Å². The zero-order chi connectivity index (χ0) is 19.1.